The van der Waals surface area contributed by atoms with Gasteiger partial charge in [-0.25, -0.2) is 4.79 Å². The number of aliphatic hydroxyl groups is 1. The second kappa shape index (κ2) is 6.21. The zero-order valence-electron chi connectivity index (χ0n) is 10.8. The number of hydrogen-bond donors (Lipinski definition) is 1. The van der Waals surface area contributed by atoms with Crippen LogP contribution in [0.5, 0.6) is 5.75 Å². The molecule has 0 aliphatic heterocycles. The van der Waals surface area contributed by atoms with Gasteiger partial charge in [0.15, 0.2) is 6.79 Å². The van der Waals surface area contributed by atoms with Gasteiger partial charge in [-0.2, -0.15) is 0 Å². The number of esters is 1. The van der Waals surface area contributed by atoms with E-state index in [1.807, 2.05) is 20.8 Å². The van der Waals surface area contributed by atoms with Gasteiger partial charge in [0.2, 0.25) is 0 Å². The lowest BCUT2D eigenvalue weighted by Crippen LogP contribution is -2.22. The average molecular weight is 250 g/mol. The maximum Gasteiger partial charge on any atom is 0.331 e. The molecule has 0 heterocycles. The first-order valence-electron chi connectivity index (χ1n) is 5.65. The van der Waals surface area contributed by atoms with Gasteiger partial charge < -0.3 is 14.6 Å². The lowest BCUT2D eigenvalue weighted by molar-refractivity contribution is -0.148. The molecule has 4 nitrogen and oxygen atoms in total. The van der Waals surface area contributed by atoms with Crippen molar-refractivity contribution in [3.8, 4) is 5.75 Å². The molecular formula is C14H18O4. The van der Waals surface area contributed by atoms with Crippen molar-refractivity contribution in [1.29, 1.82) is 0 Å². The predicted molar refractivity (Wildman–Crippen MR) is 69.0 cm³/mol. The highest BCUT2D eigenvalue weighted by atomic mass is 16.6. The Labute approximate surface area is 107 Å². The summed E-state index contributed by atoms with van der Waals surface area (Å²) in [6.07, 6.45) is 3.05. The summed E-state index contributed by atoms with van der Waals surface area (Å²) in [5.41, 5.74) is 0.367. The van der Waals surface area contributed by atoms with Gasteiger partial charge in [-0.05, 0) is 44.5 Å². The van der Waals surface area contributed by atoms with Crippen LogP contribution in [0.3, 0.4) is 0 Å². The first kappa shape index (κ1) is 14.3. The van der Waals surface area contributed by atoms with E-state index in [1.165, 1.54) is 6.08 Å². The Morgan fingerprint density at radius 2 is 1.89 bits per heavy atom. The first-order chi connectivity index (χ1) is 8.40. The second-order valence-corrected chi connectivity index (χ2v) is 4.71. The van der Waals surface area contributed by atoms with Gasteiger partial charge in [0, 0.05) is 6.08 Å². The molecule has 1 N–H and O–H groups in total. The summed E-state index contributed by atoms with van der Waals surface area (Å²) in [4.78, 5) is 11.4. The van der Waals surface area contributed by atoms with Gasteiger partial charge >= 0.3 is 5.97 Å². The summed E-state index contributed by atoms with van der Waals surface area (Å²) in [6, 6.07) is 6.99. The van der Waals surface area contributed by atoms with Crippen LogP contribution in [0.2, 0.25) is 0 Å². The molecule has 0 aromatic heterocycles. The predicted octanol–water partition coefficient (Wildman–Crippen LogP) is 2.37. The third kappa shape index (κ3) is 5.50. The molecule has 0 amide bonds. The van der Waals surface area contributed by atoms with Gasteiger partial charge in [0.1, 0.15) is 11.4 Å². The topological polar surface area (TPSA) is 55.8 Å². The molecule has 1 aromatic carbocycles. The van der Waals surface area contributed by atoms with Crippen LogP contribution >= 0.6 is 0 Å². The van der Waals surface area contributed by atoms with E-state index >= 15 is 0 Å². The van der Waals surface area contributed by atoms with E-state index in [4.69, 9.17) is 14.6 Å². The molecule has 98 valence electrons. The molecule has 18 heavy (non-hydrogen) atoms. The third-order valence-electron chi connectivity index (χ3n) is 1.93. The number of carbonyl (C=O) groups excluding carboxylic acids is 1. The number of benzene rings is 1. The summed E-state index contributed by atoms with van der Waals surface area (Å²) in [5.74, 6) is 0.199. The van der Waals surface area contributed by atoms with Crippen molar-refractivity contribution >= 4 is 12.0 Å². The Kier molecular flexibility index (Phi) is 4.92. The van der Waals surface area contributed by atoms with Crippen molar-refractivity contribution < 1.29 is 19.4 Å². The van der Waals surface area contributed by atoms with Crippen LogP contribution in [-0.2, 0) is 9.53 Å². The highest BCUT2D eigenvalue weighted by Gasteiger charge is 2.13. The van der Waals surface area contributed by atoms with E-state index < -0.39 is 5.60 Å². The zero-order chi connectivity index (χ0) is 13.6. The number of aliphatic hydroxyl groups excluding tert-OH is 1. The van der Waals surface area contributed by atoms with Crippen molar-refractivity contribution in [2.75, 3.05) is 6.79 Å². The Bertz CT molecular complexity index is 412. The molecular weight excluding hydrogens is 232 g/mol. The fraction of sp³-hybridized carbons (Fsp3) is 0.357. The Hall–Kier alpha value is -1.81. The normalized spacial score (nSPS) is 11.6. The second-order valence-electron chi connectivity index (χ2n) is 4.71. The van der Waals surface area contributed by atoms with Crippen molar-refractivity contribution in [2.45, 2.75) is 26.4 Å². The summed E-state index contributed by atoms with van der Waals surface area (Å²) >= 11 is 0. The lowest BCUT2D eigenvalue weighted by Gasteiger charge is -2.17. The smallest absolute Gasteiger partial charge is 0.331 e. The van der Waals surface area contributed by atoms with E-state index in [-0.39, 0.29) is 12.8 Å². The molecule has 4 heteroatoms. The Morgan fingerprint density at radius 3 is 2.39 bits per heavy atom. The summed E-state index contributed by atoms with van der Waals surface area (Å²) < 4.78 is 10.0. The Balaban J connectivity index is 2.59. The highest BCUT2D eigenvalue weighted by Crippen LogP contribution is 2.13. The number of hydrogen-bond acceptors (Lipinski definition) is 4. The molecule has 0 saturated heterocycles. The SMILES string of the molecule is CC(C)(C)OC(=O)/C=C/c1ccc(OCO)cc1. The monoisotopic (exact) mass is 250 g/mol. The molecule has 0 fully saturated rings. The molecule has 1 rings (SSSR count). The van der Waals surface area contributed by atoms with Crippen molar-refractivity contribution in [3.63, 3.8) is 0 Å². The minimum Gasteiger partial charge on any atom is -0.468 e. The molecule has 0 unspecified atom stereocenters. The van der Waals surface area contributed by atoms with E-state index in [0.717, 1.165) is 5.56 Å². The fourth-order valence-corrected chi connectivity index (χ4v) is 1.25. The number of carbonyl (C=O) groups is 1. The van der Waals surface area contributed by atoms with E-state index in [2.05, 4.69) is 0 Å². The molecule has 0 radical (unpaired) electrons. The molecule has 0 atom stereocenters. The maximum atomic E-state index is 11.4. The standard InChI is InChI=1S/C14H18O4/c1-14(2,3)18-13(16)9-6-11-4-7-12(8-5-11)17-10-15/h4-9,15H,10H2,1-3H3/b9-6+. The van der Waals surface area contributed by atoms with Crippen LogP contribution in [0, 0.1) is 0 Å². The van der Waals surface area contributed by atoms with Crippen LogP contribution in [0.15, 0.2) is 30.3 Å². The summed E-state index contributed by atoms with van der Waals surface area (Å²) in [7, 11) is 0. The average Bonchev–Trinajstić information content (AvgIpc) is 2.26. The van der Waals surface area contributed by atoms with Crippen LogP contribution in [0.4, 0.5) is 0 Å². The van der Waals surface area contributed by atoms with Gasteiger partial charge in [0.25, 0.3) is 0 Å². The van der Waals surface area contributed by atoms with E-state index in [1.54, 1.807) is 30.3 Å². The van der Waals surface area contributed by atoms with Crippen LogP contribution < -0.4 is 4.74 Å². The van der Waals surface area contributed by atoms with Gasteiger partial charge in [-0.1, -0.05) is 12.1 Å². The minimum atomic E-state index is -0.486. The summed E-state index contributed by atoms with van der Waals surface area (Å²) in [5, 5.41) is 8.58. The molecule has 0 spiro atoms. The Morgan fingerprint density at radius 1 is 1.28 bits per heavy atom. The molecule has 0 bridgehead atoms. The first-order valence-corrected chi connectivity index (χ1v) is 5.65. The molecule has 0 saturated carbocycles. The van der Waals surface area contributed by atoms with Crippen LogP contribution in [0.1, 0.15) is 26.3 Å². The number of ether oxygens (including phenoxy) is 2. The molecule has 0 aliphatic rings. The maximum absolute atomic E-state index is 11.4. The highest BCUT2D eigenvalue weighted by molar-refractivity contribution is 5.87. The fourth-order valence-electron chi connectivity index (χ4n) is 1.25. The van der Waals surface area contributed by atoms with Gasteiger partial charge in [0.05, 0.1) is 0 Å². The van der Waals surface area contributed by atoms with Gasteiger partial charge in [-0.3, -0.25) is 0 Å². The van der Waals surface area contributed by atoms with Crippen molar-refractivity contribution in [1.82, 2.24) is 0 Å². The molecule has 1 aromatic rings. The number of rotatable bonds is 4. The zero-order valence-corrected chi connectivity index (χ0v) is 10.8. The van der Waals surface area contributed by atoms with Gasteiger partial charge in [-0.15, -0.1) is 0 Å². The van der Waals surface area contributed by atoms with Crippen LogP contribution in [0.25, 0.3) is 6.08 Å². The third-order valence-corrected chi connectivity index (χ3v) is 1.93. The largest absolute Gasteiger partial charge is 0.468 e. The van der Waals surface area contributed by atoms with E-state index in [0.29, 0.717) is 5.75 Å². The van der Waals surface area contributed by atoms with Crippen molar-refractivity contribution in [3.05, 3.63) is 35.9 Å². The van der Waals surface area contributed by atoms with Crippen molar-refractivity contribution in [2.24, 2.45) is 0 Å². The van der Waals surface area contributed by atoms with Crippen LogP contribution in [-0.4, -0.2) is 23.5 Å². The minimum absolute atomic E-state index is 0.354. The van der Waals surface area contributed by atoms with E-state index in [9.17, 15) is 4.79 Å². The molecule has 0 aliphatic carbocycles. The lowest BCUT2D eigenvalue weighted by atomic mass is 10.2. The quantitative estimate of drug-likeness (QED) is 0.506. The summed E-state index contributed by atoms with van der Waals surface area (Å²) in [6.45, 7) is 5.10.